The number of nitrogens with zero attached hydrogens (tertiary/aromatic N) is 1. The zero-order valence-electron chi connectivity index (χ0n) is 11.2. The van der Waals surface area contributed by atoms with E-state index in [0.29, 0.717) is 6.54 Å². The summed E-state index contributed by atoms with van der Waals surface area (Å²) in [5.74, 6) is 1.03. The standard InChI is InChI=1S/C11H17N3O4S2/c1-8(7-19-2)6-13-20(17,18)9-3-4-11(14(15)16)10(12)5-9/h3-5,8,13H,6-7,12H2,1-2H3. The summed E-state index contributed by atoms with van der Waals surface area (Å²) in [4.78, 5) is 9.90. The Hall–Kier alpha value is -1.32. The van der Waals surface area contributed by atoms with Crippen LogP contribution in [-0.4, -0.2) is 31.9 Å². The van der Waals surface area contributed by atoms with Crippen LogP contribution < -0.4 is 10.5 Å². The highest BCUT2D eigenvalue weighted by molar-refractivity contribution is 7.98. The van der Waals surface area contributed by atoms with E-state index in [-0.39, 0.29) is 22.2 Å². The number of benzene rings is 1. The van der Waals surface area contributed by atoms with E-state index < -0.39 is 14.9 Å². The van der Waals surface area contributed by atoms with Crippen molar-refractivity contribution in [3.8, 4) is 0 Å². The molecular weight excluding hydrogens is 302 g/mol. The number of hydrogen-bond acceptors (Lipinski definition) is 6. The van der Waals surface area contributed by atoms with E-state index in [1.165, 1.54) is 6.07 Å². The molecule has 20 heavy (non-hydrogen) atoms. The van der Waals surface area contributed by atoms with Crippen molar-refractivity contribution in [2.75, 3.05) is 24.3 Å². The van der Waals surface area contributed by atoms with Crippen LogP contribution in [0.25, 0.3) is 0 Å². The van der Waals surface area contributed by atoms with Crippen molar-refractivity contribution in [2.45, 2.75) is 11.8 Å². The molecular formula is C11H17N3O4S2. The minimum Gasteiger partial charge on any atom is -0.393 e. The predicted molar refractivity (Wildman–Crippen MR) is 80.2 cm³/mol. The second-order valence-corrected chi connectivity index (χ2v) is 7.07. The molecule has 1 unspecified atom stereocenters. The monoisotopic (exact) mass is 319 g/mol. The average Bonchev–Trinajstić information content (AvgIpc) is 2.36. The van der Waals surface area contributed by atoms with Crippen molar-refractivity contribution >= 4 is 33.2 Å². The highest BCUT2D eigenvalue weighted by atomic mass is 32.2. The molecule has 1 aromatic rings. The van der Waals surface area contributed by atoms with Gasteiger partial charge in [0.25, 0.3) is 5.69 Å². The molecule has 0 aliphatic heterocycles. The van der Waals surface area contributed by atoms with Gasteiger partial charge >= 0.3 is 0 Å². The Bertz CT molecular complexity index is 589. The number of thioether (sulfide) groups is 1. The quantitative estimate of drug-likeness (QED) is 0.446. The summed E-state index contributed by atoms with van der Waals surface area (Å²) in [7, 11) is -3.70. The number of anilines is 1. The number of nitrogen functional groups attached to an aromatic ring is 1. The summed E-state index contributed by atoms with van der Waals surface area (Å²) in [6.45, 7) is 2.24. The van der Waals surface area contributed by atoms with Crippen LogP contribution in [0, 0.1) is 16.0 Å². The molecule has 1 atom stereocenters. The molecule has 0 aromatic heterocycles. The second kappa shape index (κ2) is 6.91. The lowest BCUT2D eigenvalue weighted by atomic mass is 10.2. The molecule has 0 saturated carbocycles. The summed E-state index contributed by atoms with van der Waals surface area (Å²) in [6.07, 6.45) is 1.95. The Morgan fingerprint density at radius 3 is 2.65 bits per heavy atom. The number of nitrogens with two attached hydrogens (primary N) is 1. The maximum Gasteiger partial charge on any atom is 0.292 e. The van der Waals surface area contributed by atoms with Crippen molar-refractivity contribution < 1.29 is 13.3 Å². The number of nitrogens with one attached hydrogen (secondary N) is 1. The predicted octanol–water partition coefficient (Wildman–Crippen LogP) is 1.45. The van der Waals surface area contributed by atoms with Gasteiger partial charge in [-0.1, -0.05) is 6.92 Å². The van der Waals surface area contributed by atoms with E-state index >= 15 is 0 Å². The van der Waals surface area contributed by atoms with E-state index in [2.05, 4.69) is 4.72 Å². The van der Waals surface area contributed by atoms with E-state index in [4.69, 9.17) is 5.73 Å². The lowest BCUT2D eigenvalue weighted by Crippen LogP contribution is -2.29. The Labute approximate surface area is 122 Å². The number of hydrogen-bond donors (Lipinski definition) is 2. The van der Waals surface area contributed by atoms with Crippen LogP contribution in [0.2, 0.25) is 0 Å². The Balaban J connectivity index is 2.88. The SMILES string of the molecule is CSCC(C)CNS(=O)(=O)c1ccc([N+](=O)[O-])c(N)c1. The van der Waals surface area contributed by atoms with Gasteiger partial charge < -0.3 is 5.73 Å². The lowest BCUT2D eigenvalue weighted by Gasteiger charge is -2.12. The summed E-state index contributed by atoms with van der Waals surface area (Å²) >= 11 is 1.63. The molecule has 9 heteroatoms. The van der Waals surface area contributed by atoms with Gasteiger partial charge in [0, 0.05) is 12.6 Å². The third-order valence-corrected chi connectivity index (χ3v) is 4.90. The lowest BCUT2D eigenvalue weighted by molar-refractivity contribution is -0.383. The van der Waals surface area contributed by atoms with Crippen LogP contribution in [0.5, 0.6) is 0 Å². The molecule has 0 heterocycles. The van der Waals surface area contributed by atoms with E-state index in [9.17, 15) is 18.5 Å². The Morgan fingerprint density at radius 1 is 1.50 bits per heavy atom. The van der Waals surface area contributed by atoms with Crippen LogP contribution in [-0.2, 0) is 10.0 Å². The molecule has 1 rings (SSSR count). The van der Waals surface area contributed by atoms with Crippen molar-refractivity contribution in [3.63, 3.8) is 0 Å². The maximum atomic E-state index is 12.0. The highest BCUT2D eigenvalue weighted by Gasteiger charge is 2.19. The van der Waals surface area contributed by atoms with Crippen molar-refractivity contribution in [2.24, 2.45) is 5.92 Å². The molecule has 0 radical (unpaired) electrons. The first-order valence-corrected chi connectivity index (χ1v) is 8.68. The molecule has 0 aliphatic rings. The Kier molecular flexibility index (Phi) is 5.78. The van der Waals surface area contributed by atoms with Gasteiger partial charge in [0.2, 0.25) is 10.0 Å². The number of nitro benzene ring substituents is 1. The second-order valence-electron chi connectivity index (χ2n) is 4.39. The largest absolute Gasteiger partial charge is 0.393 e. The fourth-order valence-corrected chi connectivity index (χ4v) is 3.43. The van der Waals surface area contributed by atoms with Crippen molar-refractivity contribution in [1.29, 1.82) is 0 Å². The van der Waals surface area contributed by atoms with Gasteiger partial charge in [0.15, 0.2) is 0 Å². The molecule has 7 nitrogen and oxygen atoms in total. The topological polar surface area (TPSA) is 115 Å². The smallest absolute Gasteiger partial charge is 0.292 e. The van der Waals surface area contributed by atoms with Crippen LogP contribution in [0.15, 0.2) is 23.1 Å². The fourth-order valence-electron chi connectivity index (χ4n) is 1.54. The summed E-state index contributed by atoms with van der Waals surface area (Å²) in [5.41, 5.74) is 5.01. The van der Waals surface area contributed by atoms with Crippen LogP contribution in [0.3, 0.4) is 0 Å². The van der Waals surface area contributed by atoms with E-state index in [1.807, 2.05) is 13.2 Å². The zero-order chi connectivity index (χ0) is 15.3. The molecule has 0 saturated heterocycles. The maximum absolute atomic E-state index is 12.0. The first kappa shape index (κ1) is 16.7. The molecule has 112 valence electrons. The molecule has 0 aliphatic carbocycles. The number of rotatable bonds is 7. The van der Waals surface area contributed by atoms with Gasteiger partial charge in [-0.3, -0.25) is 10.1 Å². The van der Waals surface area contributed by atoms with Gasteiger partial charge in [0.1, 0.15) is 5.69 Å². The van der Waals surface area contributed by atoms with Gasteiger partial charge in [-0.05, 0) is 30.1 Å². The molecule has 0 fully saturated rings. The van der Waals surface area contributed by atoms with Gasteiger partial charge in [-0.2, -0.15) is 11.8 Å². The highest BCUT2D eigenvalue weighted by Crippen LogP contribution is 2.24. The van der Waals surface area contributed by atoms with Gasteiger partial charge in [-0.15, -0.1) is 0 Å². The summed E-state index contributed by atoms with van der Waals surface area (Å²) < 4.78 is 26.5. The van der Waals surface area contributed by atoms with Crippen LogP contribution in [0.1, 0.15) is 6.92 Å². The van der Waals surface area contributed by atoms with Crippen LogP contribution >= 0.6 is 11.8 Å². The van der Waals surface area contributed by atoms with Crippen molar-refractivity contribution in [3.05, 3.63) is 28.3 Å². The normalized spacial score (nSPS) is 13.1. The van der Waals surface area contributed by atoms with E-state index in [0.717, 1.165) is 17.9 Å². The molecule has 1 aromatic carbocycles. The van der Waals surface area contributed by atoms with E-state index in [1.54, 1.807) is 11.8 Å². The summed E-state index contributed by atoms with van der Waals surface area (Å²) in [5, 5.41) is 10.6. The average molecular weight is 319 g/mol. The molecule has 3 N–H and O–H groups in total. The van der Waals surface area contributed by atoms with Gasteiger partial charge in [0.05, 0.1) is 9.82 Å². The Morgan fingerprint density at radius 2 is 2.15 bits per heavy atom. The first-order chi connectivity index (χ1) is 9.27. The van der Waals surface area contributed by atoms with Gasteiger partial charge in [-0.25, -0.2) is 13.1 Å². The third kappa shape index (κ3) is 4.36. The minimum atomic E-state index is -3.70. The molecule has 0 spiro atoms. The van der Waals surface area contributed by atoms with Crippen molar-refractivity contribution in [1.82, 2.24) is 4.72 Å². The third-order valence-electron chi connectivity index (χ3n) is 2.58. The minimum absolute atomic E-state index is 0.0723. The number of sulfonamides is 1. The molecule has 0 bridgehead atoms. The fraction of sp³-hybridized carbons (Fsp3) is 0.455. The summed E-state index contributed by atoms with van der Waals surface area (Å²) in [6, 6.07) is 3.37. The first-order valence-electron chi connectivity index (χ1n) is 5.80. The zero-order valence-corrected chi connectivity index (χ0v) is 12.8. The number of nitro groups is 1. The molecule has 0 amide bonds. The van der Waals surface area contributed by atoms with Crippen LogP contribution in [0.4, 0.5) is 11.4 Å².